The normalized spacial score (nSPS) is 11.0. The van der Waals surface area contributed by atoms with E-state index in [2.05, 4.69) is 10.5 Å². The number of fused-ring (bicyclic) bond motifs is 1. The maximum Gasteiger partial charge on any atom is 0.275 e. The minimum Gasteiger partial charge on any atom is -0.507 e. The Hall–Kier alpha value is -3.54. The first-order chi connectivity index (χ1) is 12.6. The zero-order valence-electron chi connectivity index (χ0n) is 14.1. The fraction of sp³-hybridized carbons (Fsp3) is 0.100. The van der Waals surface area contributed by atoms with Crippen molar-refractivity contribution < 1.29 is 19.7 Å². The van der Waals surface area contributed by atoms with Gasteiger partial charge in [0.1, 0.15) is 5.75 Å². The van der Waals surface area contributed by atoms with Crippen molar-refractivity contribution in [1.82, 2.24) is 5.43 Å². The van der Waals surface area contributed by atoms with Crippen molar-refractivity contribution in [2.45, 2.75) is 6.92 Å². The highest BCUT2D eigenvalue weighted by molar-refractivity contribution is 6.01. The summed E-state index contributed by atoms with van der Waals surface area (Å²) in [6, 6.07) is 15.3. The Morgan fingerprint density at radius 2 is 1.81 bits per heavy atom. The number of carbonyl (C=O) groups is 1. The van der Waals surface area contributed by atoms with Gasteiger partial charge in [0.15, 0.2) is 11.5 Å². The number of amides is 1. The Labute approximate surface area is 150 Å². The summed E-state index contributed by atoms with van der Waals surface area (Å²) < 4.78 is 5.30. The maximum absolute atomic E-state index is 12.3. The molecule has 0 fully saturated rings. The highest BCUT2D eigenvalue weighted by Crippen LogP contribution is 2.26. The summed E-state index contributed by atoms with van der Waals surface area (Å²) in [5.74, 6) is -0.253. The van der Waals surface area contributed by atoms with Crippen LogP contribution in [0.3, 0.4) is 0 Å². The quantitative estimate of drug-likeness (QED) is 0.486. The molecule has 3 rings (SSSR count). The third-order valence-corrected chi connectivity index (χ3v) is 3.77. The Morgan fingerprint density at radius 3 is 2.54 bits per heavy atom. The molecule has 0 aliphatic carbocycles. The number of hydrazone groups is 1. The molecular formula is C20H18N2O4. The lowest BCUT2D eigenvalue weighted by Crippen LogP contribution is -2.17. The van der Waals surface area contributed by atoms with Crippen molar-refractivity contribution in [3.05, 3.63) is 65.7 Å². The van der Waals surface area contributed by atoms with E-state index in [4.69, 9.17) is 4.74 Å². The summed E-state index contributed by atoms with van der Waals surface area (Å²) in [7, 11) is 0. The predicted molar refractivity (Wildman–Crippen MR) is 99.9 cm³/mol. The van der Waals surface area contributed by atoms with Crippen molar-refractivity contribution in [2.24, 2.45) is 5.10 Å². The Balaban J connectivity index is 1.75. The van der Waals surface area contributed by atoms with Gasteiger partial charge in [-0.05, 0) is 53.6 Å². The number of ether oxygens (including phenoxy) is 1. The van der Waals surface area contributed by atoms with Crippen LogP contribution in [0.4, 0.5) is 0 Å². The van der Waals surface area contributed by atoms with Crippen molar-refractivity contribution in [3.63, 3.8) is 0 Å². The first-order valence-corrected chi connectivity index (χ1v) is 8.09. The zero-order chi connectivity index (χ0) is 18.5. The largest absolute Gasteiger partial charge is 0.507 e. The number of hydrogen-bond donors (Lipinski definition) is 3. The van der Waals surface area contributed by atoms with E-state index in [0.29, 0.717) is 17.9 Å². The molecule has 0 aliphatic heterocycles. The molecule has 0 saturated heterocycles. The molecule has 6 heteroatoms. The number of benzene rings is 3. The molecule has 132 valence electrons. The molecule has 3 aromatic rings. The van der Waals surface area contributed by atoms with Gasteiger partial charge in [-0.15, -0.1) is 0 Å². The number of nitrogens with one attached hydrogen (secondary N) is 1. The molecule has 6 nitrogen and oxygen atoms in total. The Bertz CT molecular complexity index is 983. The third kappa shape index (κ3) is 3.75. The third-order valence-electron chi connectivity index (χ3n) is 3.77. The molecule has 0 aromatic heterocycles. The van der Waals surface area contributed by atoms with Gasteiger partial charge in [-0.2, -0.15) is 5.10 Å². The summed E-state index contributed by atoms with van der Waals surface area (Å²) >= 11 is 0. The van der Waals surface area contributed by atoms with Gasteiger partial charge < -0.3 is 14.9 Å². The van der Waals surface area contributed by atoms with Crippen LogP contribution in [0.25, 0.3) is 10.8 Å². The van der Waals surface area contributed by atoms with Crippen molar-refractivity contribution in [3.8, 4) is 17.2 Å². The average Bonchev–Trinajstić information content (AvgIpc) is 2.64. The second-order valence-corrected chi connectivity index (χ2v) is 5.58. The molecule has 1 amide bonds. The van der Waals surface area contributed by atoms with Gasteiger partial charge in [0.2, 0.25) is 0 Å². The molecule has 0 radical (unpaired) electrons. The number of phenolic OH excluding ortho intramolecular Hbond substituents is 2. The van der Waals surface area contributed by atoms with Gasteiger partial charge in [-0.3, -0.25) is 4.79 Å². The van der Waals surface area contributed by atoms with Crippen LogP contribution in [0.15, 0.2) is 59.7 Å². The van der Waals surface area contributed by atoms with Crippen LogP contribution in [-0.4, -0.2) is 28.9 Å². The van der Waals surface area contributed by atoms with Gasteiger partial charge in [0.05, 0.1) is 18.4 Å². The number of carbonyl (C=O) groups excluding carboxylic acids is 1. The van der Waals surface area contributed by atoms with Crippen LogP contribution in [0.2, 0.25) is 0 Å². The Kier molecular flexibility index (Phi) is 5.03. The lowest BCUT2D eigenvalue weighted by atomic mass is 10.1. The van der Waals surface area contributed by atoms with Crippen molar-refractivity contribution >= 4 is 22.9 Å². The van der Waals surface area contributed by atoms with Gasteiger partial charge in [-0.25, -0.2) is 5.43 Å². The molecule has 3 N–H and O–H groups in total. The van der Waals surface area contributed by atoms with E-state index in [1.54, 1.807) is 24.3 Å². The number of rotatable bonds is 5. The molecule has 3 aromatic carbocycles. The van der Waals surface area contributed by atoms with Gasteiger partial charge >= 0.3 is 0 Å². The van der Waals surface area contributed by atoms with Gasteiger partial charge in [-0.1, -0.05) is 24.3 Å². The van der Waals surface area contributed by atoms with Crippen molar-refractivity contribution in [2.75, 3.05) is 6.61 Å². The molecule has 0 atom stereocenters. The van der Waals surface area contributed by atoms with Crippen LogP contribution < -0.4 is 10.2 Å². The summed E-state index contributed by atoms with van der Waals surface area (Å²) in [6.45, 7) is 2.24. The molecule has 26 heavy (non-hydrogen) atoms. The highest BCUT2D eigenvalue weighted by Gasteiger charge is 2.11. The first kappa shape index (κ1) is 17.3. The van der Waals surface area contributed by atoms with E-state index < -0.39 is 5.91 Å². The lowest BCUT2D eigenvalue weighted by Gasteiger charge is -2.07. The van der Waals surface area contributed by atoms with E-state index in [1.807, 2.05) is 31.2 Å². The summed E-state index contributed by atoms with van der Waals surface area (Å²) in [4.78, 5) is 12.3. The topological polar surface area (TPSA) is 91.2 Å². The fourth-order valence-electron chi connectivity index (χ4n) is 2.52. The van der Waals surface area contributed by atoms with Crippen LogP contribution in [0.1, 0.15) is 22.8 Å². The molecule has 0 spiro atoms. The molecule has 0 bridgehead atoms. The summed E-state index contributed by atoms with van der Waals surface area (Å²) in [6.07, 6.45) is 1.43. The molecule has 0 saturated carbocycles. The SMILES string of the molecule is CCOc1cc(/C=N/NC(=O)c2cc3ccccc3cc2O)ccc1O. The smallest absolute Gasteiger partial charge is 0.275 e. The number of hydrogen-bond acceptors (Lipinski definition) is 5. The van der Waals surface area contributed by atoms with Crippen LogP contribution >= 0.6 is 0 Å². The highest BCUT2D eigenvalue weighted by atomic mass is 16.5. The van der Waals surface area contributed by atoms with E-state index in [-0.39, 0.29) is 17.1 Å². The van der Waals surface area contributed by atoms with E-state index in [9.17, 15) is 15.0 Å². The zero-order valence-corrected chi connectivity index (χ0v) is 14.1. The molecule has 0 aliphatic rings. The molecule has 0 heterocycles. The number of aromatic hydroxyl groups is 2. The Morgan fingerprint density at radius 1 is 1.08 bits per heavy atom. The van der Waals surface area contributed by atoms with Crippen LogP contribution in [-0.2, 0) is 0 Å². The standard InChI is InChI=1S/C20H18N2O4/c1-2-26-19-9-13(7-8-17(19)23)12-21-22-20(25)16-10-14-5-3-4-6-15(14)11-18(16)24/h3-12,23-24H,2H2,1H3,(H,22,25)/b21-12+. The summed E-state index contributed by atoms with van der Waals surface area (Å²) in [5, 5.41) is 25.3. The van der Waals surface area contributed by atoms with E-state index in [0.717, 1.165) is 10.8 Å². The fourth-order valence-corrected chi connectivity index (χ4v) is 2.52. The van der Waals surface area contributed by atoms with Gasteiger partial charge in [0, 0.05) is 0 Å². The lowest BCUT2D eigenvalue weighted by molar-refractivity contribution is 0.0952. The van der Waals surface area contributed by atoms with E-state index >= 15 is 0 Å². The van der Waals surface area contributed by atoms with Gasteiger partial charge in [0.25, 0.3) is 5.91 Å². The van der Waals surface area contributed by atoms with Crippen LogP contribution in [0.5, 0.6) is 17.2 Å². The second-order valence-electron chi connectivity index (χ2n) is 5.58. The monoisotopic (exact) mass is 350 g/mol. The number of phenols is 2. The minimum atomic E-state index is -0.520. The van der Waals surface area contributed by atoms with E-state index in [1.165, 1.54) is 12.3 Å². The average molecular weight is 350 g/mol. The summed E-state index contributed by atoms with van der Waals surface area (Å²) in [5.41, 5.74) is 3.17. The number of nitrogens with zero attached hydrogens (tertiary/aromatic N) is 1. The second kappa shape index (κ2) is 7.57. The predicted octanol–water partition coefficient (Wildman–Crippen LogP) is 3.41. The first-order valence-electron chi connectivity index (χ1n) is 8.09. The maximum atomic E-state index is 12.3. The molecular weight excluding hydrogens is 332 g/mol. The van der Waals surface area contributed by atoms with Crippen LogP contribution in [0, 0.1) is 0 Å². The molecule has 0 unspecified atom stereocenters. The van der Waals surface area contributed by atoms with Crippen molar-refractivity contribution in [1.29, 1.82) is 0 Å². The minimum absolute atomic E-state index is 0.0362.